The number of rotatable bonds is 5. The molecular weight excluding hydrogens is 342 g/mol. The molecule has 7 heteroatoms. The lowest BCUT2D eigenvalue weighted by Crippen LogP contribution is -2.50. The van der Waals surface area contributed by atoms with Gasteiger partial charge in [-0.3, -0.25) is 4.79 Å². The highest BCUT2D eigenvalue weighted by Gasteiger charge is 2.40. The normalized spacial score (nSPS) is 18.5. The highest BCUT2D eigenvalue weighted by molar-refractivity contribution is 6.36. The molecule has 1 heterocycles. The number of piperidine rings is 1. The summed E-state index contributed by atoms with van der Waals surface area (Å²) in [5.74, 6) is -0.676. The van der Waals surface area contributed by atoms with E-state index in [4.69, 9.17) is 27.9 Å². The monoisotopic (exact) mass is 362 g/mol. The van der Waals surface area contributed by atoms with Gasteiger partial charge >= 0.3 is 0 Å². The SMILES string of the molecule is COCC1(C(=O)NC(C)c2c(Cl)ccc(F)c2Cl)CCNCC1. The topological polar surface area (TPSA) is 50.4 Å². The van der Waals surface area contributed by atoms with Gasteiger partial charge in [0, 0.05) is 17.7 Å². The minimum absolute atomic E-state index is 0.0589. The summed E-state index contributed by atoms with van der Waals surface area (Å²) < 4.78 is 18.9. The number of carbonyl (C=O) groups is 1. The van der Waals surface area contributed by atoms with Gasteiger partial charge in [-0.2, -0.15) is 0 Å². The summed E-state index contributed by atoms with van der Waals surface area (Å²) >= 11 is 12.1. The molecule has 1 aliphatic heterocycles. The van der Waals surface area contributed by atoms with Crippen molar-refractivity contribution in [2.45, 2.75) is 25.8 Å². The van der Waals surface area contributed by atoms with Crippen LogP contribution in [0.5, 0.6) is 0 Å². The van der Waals surface area contributed by atoms with E-state index >= 15 is 0 Å². The van der Waals surface area contributed by atoms with E-state index in [1.54, 1.807) is 14.0 Å². The molecule has 1 saturated heterocycles. The van der Waals surface area contributed by atoms with Gasteiger partial charge in [0.05, 0.1) is 23.1 Å². The fourth-order valence-corrected chi connectivity index (χ4v) is 3.68. The largest absolute Gasteiger partial charge is 0.384 e. The Kier molecular flexibility index (Phi) is 6.26. The van der Waals surface area contributed by atoms with Crippen LogP contribution in [0.3, 0.4) is 0 Å². The zero-order chi connectivity index (χ0) is 17.0. The molecule has 0 radical (unpaired) electrons. The minimum atomic E-state index is -0.583. The first-order chi connectivity index (χ1) is 10.9. The molecule has 23 heavy (non-hydrogen) atoms. The number of ether oxygens (including phenoxy) is 1. The maximum Gasteiger partial charge on any atom is 0.229 e. The Hall–Kier alpha value is -0.880. The molecule has 128 valence electrons. The average molecular weight is 363 g/mol. The summed E-state index contributed by atoms with van der Waals surface area (Å²) in [6.45, 7) is 3.60. The van der Waals surface area contributed by atoms with Crippen LogP contribution < -0.4 is 10.6 Å². The average Bonchev–Trinajstić information content (AvgIpc) is 2.52. The third-order valence-corrected chi connectivity index (χ3v) is 5.04. The maximum atomic E-state index is 13.7. The van der Waals surface area contributed by atoms with Gasteiger partial charge in [-0.25, -0.2) is 4.39 Å². The molecule has 0 spiro atoms. The second-order valence-electron chi connectivity index (χ2n) is 5.92. The lowest BCUT2D eigenvalue weighted by molar-refractivity contribution is -0.136. The van der Waals surface area contributed by atoms with Gasteiger partial charge in [-0.1, -0.05) is 23.2 Å². The molecule has 0 bridgehead atoms. The van der Waals surface area contributed by atoms with E-state index in [0.29, 0.717) is 30.0 Å². The van der Waals surface area contributed by atoms with Crippen LogP contribution in [0.15, 0.2) is 12.1 Å². The third kappa shape index (κ3) is 3.97. The summed E-state index contributed by atoms with van der Waals surface area (Å²) in [4.78, 5) is 12.8. The lowest BCUT2D eigenvalue weighted by Gasteiger charge is -2.36. The molecule has 1 atom stereocenters. The van der Waals surface area contributed by atoms with Gasteiger partial charge in [0.15, 0.2) is 0 Å². The van der Waals surface area contributed by atoms with Crippen molar-refractivity contribution in [3.05, 3.63) is 33.6 Å². The van der Waals surface area contributed by atoms with Gasteiger partial charge in [-0.15, -0.1) is 0 Å². The van der Waals surface area contributed by atoms with Gasteiger partial charge in [-0.05, 0) is 45.0 Å². The Morgan fingerprint density at radius 3 is 2.70 bits per heavy atom. The Bertz CT molecular complexity index is 572. The summed E-state index contributed by atoms with van der Waals surface area (Å²) in [6, 6.07) is 2.15. The predicted octanol–water partition coefficient (Wildman–Crippen LogP) is 3.33. The van der Waals surface area contributed by atoms with Gasteiger partial charge < -0.3 is 15.4 Å². The van der Waals surface area contributed by atoms with Crippen molar-refractivity contribution < 1.29 is 13.9 Å². The molecule has 1 amide bonds. The van der Waals surface area contributed by atoms with E-state index < -0.39 is 17.3 Å². The van der Waals surface area contributed by atoms with Gasteiger partial charge in [0.1, 0.15) is 5.82 Å². The van der Waals surface area contributed by atoms with Crippen molar-refractivity contribution in [2.75, 3.05) is 26.8 Å². The lowest BCUT2D eigenvalue weighted by atomic mass is 9.78. The molecule has 1 unspecified atom stereocenters. The van der Waals surface area contributed by atoms with Crippen LogP contribution in [0.25, 0.3) is 0 Å². The standard InChI is InChI=1S/C16H21Cl2FN2O2/c1-10(13-11(17)3-4-12(19)14(13)18)21-15(22)16(9-23-2)5-7-20-8-6-16/h3-4,10,20H,5-9H2,1-2H3,(H,21,22). The molecule has 1 aromatic rings. The second kappa shape index (κ2) is 7.79. The highest BCUT2D eigenvalue weighted by atomic mass is 35.5. The Morgan fingerprint density at radius 2 is 2.09 bits per heavy atom. The number of carbonyl (C=O) groups excluding carboxylic acids is 1. The Morgan fingerprint density at radius 1 is 1.43 bits per heavy atom. The van der Waals surface area contributed by atoms with E-state index in [9.17, 15) is 9.18 Å². The molecule has 1 aliphatic rings. The number of benzene rings is 1. The first-order valence-corrected chi connectivity index (χ1v) is 8.31. The summed E-state index contributed by atoms with van der Waals surface area (Å²) in [7, 11) is 1.58. The van der Waals surface area contributed by atoms with E-state index in [2.05, 4.69) is 10.6 Å². The summed E-state index contributed by atoms with van der Waals surface area (Å²) in [6.07, 6.45) is 1.37. The molecule has 0 saturated carbocycles. The Balaban J connectivity index is 2.20. The number of hydrogen-bond acceptors (Lipinski definition) is 3. The van der Waals surface area contributed by atoms with Crippen molar-refractivity contribution in [1.29, 1.82) is 0 Å². The first-order valence-electron chi connectivity index (χ1n) is 7.55. The van der Waals surface area contributed by atoms with Crippen molar-refractivity contribution >= 4 is 29.1 Å². The Labute approximate surface area is 145 Å². The van der Waals surface area contributed by atoms with Crippen molar-refractivity contribution in [3.8, 4) is 0 Å². The number of amides is 1. The van der Waals surface area contributed by atoms with Crippen LogP contribution in [0.4, 0.5) is 4.39 Å². The van der Waals surface area contributed by atoms with E-state index in [-0.39, 0.29) is 10.9 Å². The van der Waals surface area contributed by atoms with Crippen LogP contribution >= 0.6 is 23.2 Å². The van der Waals surface area contributed by atoms with Crippen LogP contribution in [0.2, 0.25) is 10.0 Å². The van der Waals surface area contributed by atoms with E-state index in [0.717, 1.165) is 13.1 Å². The smallest absolute Gasteiger partial charge is 0.229 e. The fraction of sp³-hybridized carbons (Fsp3) is 0.562. The maximum absolute atomic E-state index is 13.7. The molecule has 1 aromatic carbocycles. The predicted molar refractivity (Wildman–Crippen MR) is 89.4 cm³/mol. The van der Waals surface area contributed by atoms with Gasteiger partial charge in [0.25, 0.3) is 0 Å². The van der Waals surface area contributed by atoms with Crippen LogP contribution in [0.1, 0.15) is 31.4 Å². The third-order valence-electron chi connectivity index (χ3n) is 4.32. The molecular formula is C16H21Cl2FN2O2. The van der Waals surface area contributed by atoms with E-state index in [1.165, 1.54) is 12.1 Å². The van der Waals surface area contributed by atoms with Gasteiger partial charge in [0.2, 0.25) is 5.91 Å². The number of methoxy groups -OCH3 is 1. The number of hydrogen-bond donors (Lipinski definition) is 2. The number of halogens is 3. The molecule has 0 aromatic heterocycles. The summed E-state index contributed by atoms with van der Waals surface area (Å²) in [5.41, 5.74) is -0.191. The molecule has 4 nitrogen and oxygen atoms in total. The van der Waals surface area contributed by atoms with Crippen molar-refractivity contribution in [1.82, 2.24) is 10.6 Å². The molecule has 0 aliphatic carbocycles. The van der Waals surface area contributed by atoms with Crippen LogP contribution in [0, 0.1) is 11.2 Å². The van der Waals surface area contributed by atoms with Crippen LogP contribution in [-0.2, 0) is 9.53 Å². The molecule has 2 rings (SSSR count). The van der Waals surface area contributed by atoms with E-state index in [1.807, 2.05) is 0 Å². The first kappa shape index (κ1) is 18.5. The van der Waals surface area contributed by atoms with Crippen molar-refractivity contribution in [2.24, 2.45) is 5.41 Å². The molecule has 1 fully saturated rings. The second-order valence-corrected chi connectivity index (χ2v) is 6.70. The zero-order valence-corrected chi connectivity index (χ0v) is 14.7. The highest BCUT2D eigenvalue weighted by Crippen LogP contribution is 2.34. The summed E-state index contributed by atoms with van der Waals surface area (Å²) in [5, 5.41) is 6.42. The zero-order valence-electron chi connectivity index (χ0n) is 13.2. The number of nitrogens with one attached hydrogen (secondary N) is 2. The van der Waals surface area contributed by atoms with Crippen molar-refractivity contribution in [3.63, 3.8) is 0 Å². The molecule has 2 N–H and O–H groups in total. The fourth-order valence-electron chi connectivity index (χ4n) is 2.98. The van der Waals surface area contributed by atoms with Crippen LogP contribution in [-0.4, -0.2) is 32.7 Å². The quantitative estimate of drug-likeness (QED) is 0.789. The minimum Gasteiger partial charge on any atom is -0.384 e.